The zero-order valence-electron chi connectivity index (χ0n) is 12.6. The number of aliphatic hydroxyl groups excluding tert-OH is 1. The summed E-state index contributed by atoms with van der Waals surface area (Å²) in [6.07, 6.45) is 3.48. The third-order valence-corrected chi connectivity index (χ3v) is 6.31. The lowest BCUT2D eigenvalue weighted by atomic mass is 9.78. The molecule has 2 unspecified atom stereocenters. The Morgan fingerprint density at radius 2 is 2.19 bits per heavy atom. The molecule has 21 heavy (non-hydrogen) atoms. The number of hydrogen-bond acceptors (Lipinski definition) is 4. The lowest BCUT2D eigenvalue weighted by molar-refractivity contribution is -0.121. The van der Waals surface area contributed by atoms with E-state index in [0.29, 0.717) is 5.15 Å². The number of aromatic nitrogens is 2. The van der Waals surface area contributed by atoms with Gasteiger partial charge in [-0.1, -0.05) is 11.6 Å². The number of aryl methyl sites for hydroxylation is 2. The summed E-state index contributed by atoms with van der Waals surface area (Å²) in [6, 6.07) is 0. The van der Waals surface area contributed by atoms with Crippen molar-refractivity contribution in [1.82, 2.24) is 9.78 Å². The predicted octanol–water partition coefficient (Wildman–Crippen LogP) is 3.11. The molecule has 0 aliphatic carbocycles. The highest BCUT2D eigenvalue weighted by molar-refractivity contribution is 7.99. The Kier molecular flexibility index (Phi) is 4.55. The molecule has 2 aliphatic heterocycles. The van der Waals surface area contributed by atoms with Gasteiger partial charge in [-0.3, -0.25) is 4.68 Å². The highest BCUT2D eigenvalue weighted by atomic mass is 35.5. The van der Waals surface area contributed by atoms with Gasteiger partial charge in [0.2, 0.25) is 0 Å². The molecule has 2 aliphatic rings. The van der Waals surface area contributed by atoms with Gasteiger partial charge in [0.05, 0.1) is 17.4 Å². The van der Waals surface area contributed by atoms with Crippen LogP contribution in [0.15, 0.2) is 0 Å². The second-order valence-corrected chi connectivity index (χ2v) is 7.84. The Bertz CT molecular complexity index is 509. The maximum absolute atomic E-state index is 10.8. The third-order valence-electron chi connectivity index (χ3n) is 4.87. The molecule has 0 aromatic carbocycles. The molecule has 2 saturated heterocycles. The normalized spacial score (nSPS) is 27.0. The average Bonchev–Trinajstić information content (AvgIpc) is 2.72. The maximum atomic E-state index is 10.8. The quantitative estimate of drug-likeness (QED) is 0.905. The van der Waals surface area contributed by atoms with Crippen LogP contribution in [0, 0.1) is 12.8 Å². The van der Waals surface area contributed by atoms with Crippen molar-refractivity contribution < 1.29 is 9.84 Å². The summed E-state index contributed by atoms with van der Waals surface area (Å²) in [7, 11) is 1.81. The van der Waals surface area contributed by atoms with Gasteiger partial charge in [0.25, 0.3) is 0 Å². The number of ether oxygens (including phenoxy) is 1. The summed E-state index contributed by atoms with van der Waals surface area (Å²) >= 11 is 8.31. The molecule has 1 aromatic heterocycles. The number of halogens is 1. The summed E-state index contributed by atoms with van der Waals surface area (Å²) in [6.45, 7) is 2.65. The van der Waals surface area contributed by atoms with Crippen molar-refractivity contribution in [3.05, 3.63) is 16.4 Å². The summed E-state index contributed by atoms with van der Waals surface area (Å²) in [4.78, 5) is 0. The van der Waals surface area contributed by atoms with Crippen molar-refractivity contribution in [1.29, 1.82) is 0 Å². The minimum Gasteiger partial charge on any atom is -0.388 e. The molecule has 0 amide bonds. The fourth-order valence-electron chi connectivity index (χ4n) is 3.65. The van der Waals surface area contributed by atoms with Crippen molar-refractivity contribution in [2.75, 3.05) is 18.1 Å². The van der Waals surface area contributed by atoms with Crippen LogP contribution in [-0.2, 0) is 11.8 Å². The van der Waals surface area contributed by atoms with E-state index in [1.807, 2.05) is 25.7 Å². The van der Waals surface area contributed by atoms with Gasteiger partial charge < -0.3 is 9.84 Å². The second-order valence-electron chi connectivity index (χ2n) is 6.26. The number of thioether (sulfide) groups is 1. The second kappa shape index (κ2) is 6.11. The first-order valence-electron chi connectivity index (χ1n) is 7.61. The van der Waals surface area contributed by atoms with Crippen molar-refractivity contribution in [3.63, 3.8) is 0 Å². The van der Waals surface area contributed by atoms with Crippen molar-refractivity contribution >= 4 is 23.4 Å². The number of nitrogens with zero attached hydrogens (tertiary/aromatic N) is 2. The van der Waals surface area contributed by atoms with Crippen LogP contribution in [0.3, 0.4) is 0 Å². The molecule has 0 saturated carbocycles. The lowest BCUT2D eigenvalue weighted by Gasteiger charge is -2.44. The van der Waals surface area contributed by atoms with Crippen LogP contribution in [0.5, 0.6) is 0 Å². The minimum absolute atomic E-state index is 0.0161. The minimum atomic E-state index is -0.540. The van der Waals surface area contributed by atoms with Crippen LogP contribution >= 0.6 is 23.4 Å². The maximum Gasteiger partial charge on any atom is 0.132 e. The number of aliphatic hydroxyl groups is 1. The fraction of sp³-hybridized carbons (Fsp3) is 0.800. The highest BCUT2D eigenvalue weighted by Gasteiger charge is 2.42. The standard InChI is InChI=1S/C15H23ClN2O2S/c1-10-12(14(16)18(2)17-10)13(19)11-3-6-20-15(9-11)4-7-21-8-5-15/h11,13,19H,3-9H2,1-2H3. The van der Waals surface area contributed by atoms with Crippen LogP contribution in [0.25, 0.3) is 0 Å². The van der Waals surface area contributed by atoms with Crippen molar-refractivity contribution in [2.45, 2.75) is 44.3 Å². The van der Waals surface area contributed by atoms with E-state index in [2.05, 4.69) is 5.10 Å². The molecule has 6 heteroatoms. The molecule has 3 heterocycles. The van der Waals surface area contributed by atoms with E-state index < -0.39 is 6.10 Å². The van der Waals surface area contributed by atoms with E-state index in [4.69, 9.17) is 16.3 Å². The topological polar surface area (TPSA) is 47.3 Å². The molecule has 3 rings (SSSR count). The molecule has 2 fully saturated rings. The van der Waals surface area contributed by atoms with Crippen LogP contribution in [0.4, 0.5) is 0 Å². The Morgan fingerprint density at radius 3 is 2.81 bits per heavy atom. The van der Waals surface area contributed by atoms with E-state index in [9.17, 15) is 5.11 Å². The molecule has 1 aromatic rings. The van der Waals surface area contributed by atoms with E-state index in [-0.39, 0.29) is 11.5 Å². The predicted molar refractivity (Wildman–Crippen MR) is 85.9 cm³/mol. The van der Waals surface area contributed by atoms with Gasteiger partial charge in [0.1, 0.15) is 5.15 Å². The first-order chi connectivity index (χ1) is 10.0. The summed E-state index contributed by atoms with van der Waals surface area (Å²) in [5.41, 5.74) is 1.61. The third kappa shape index (κ3) is 2.98. The monoisotopic (exact) mass is 330 g/mol. The first kappa shape index (κ1) is 15.7. The van der Waals surface area contributed by atoms with E-state index in [1.165, 1.54) is 0 Å². The van der Waals surface area contributed by atoms with E-state index >= 15 is 0 Å². The molecule has 118 valence electrons. The van der Waals surface area contributed by atoms with Gasteiger partial charge in [-0.05, 0) is 50.0 Å². The van der Waals surface area contributed by atoms with Crippen LogP contribution in [0.1, 0.15) is 43.0 Å². The van der Waals surface area contributed by atoms with Gasteiger partial charge in [0.15, 0.2) is 0 Å². The molecular formula is C15H23ClN2O2S. The van der Waals surface area contributed by atoms with Gasteiger partial charge in [-0.15, -0.1) is 0 Å². The van der Waals surface area contributed by atoms with Gasteiger partial charge in [-0.2, -0.15) is 16.9 Å². The molecular weight excluding hydrogens is 308 g/mol. The van der Waals surface area contributed by atoms with Crippen LogP contribution in [-0.4, -0.2) is 38.6 Å². The van der Waals surface area contributed by atoms with Crippen LogP contribution in [0.2, 0.25) is 5.15 Å². The van der Waals surface area contributed by atoms with E-state index in [1.54, 1.807) is 4.68 Å². The largest absolute Gasteiger partial charge is 0.388 e. The van der Waals surface area contributed by atoms with Crippen molar-refractivity contribution in [2.24, 2.45) is 13.0 Å². The van der Waals surface area contributed by atoms with Crippen LogP contribution < -0.4 is 0 Å². The Labute approximate surface area is 135 Å². The Hall–Kier alpha value is -0.230. The highest BCUT2D eigenvalue weighted by Crippen LogP contribution is 2.44. The smallest absolute Gasteiger partial charge is 0.132 e. The zero-order valence-corrected chi connectivity index (χ0v) is 14.2. The number of rotatable bonds is 2. The van der Waals surface area contributed by atoms with Gasteiger partial charge in [-0.25, -0.2) is 0 Å². The molecule has 2 atom stereocenters. The number of hydrogen-bond donors (Lipinski definition) is 1. The van der Waals surface area contributed by atoms with Gasteiger partial charge >= 0.3 is 0 Å². The molecule has 1 spiro atoms. The lowest BCUT2D eigenvalue weighted by Crippen LogP contribution is -2.44. The van der Waals surface area contributed by atoms with Crippen molar-refractivity contribution in [3.8, 4) is 0 Å². The molecule has 1 N–H and O–H groups in total. The Balaban J connectivity index is 1.79. The Morgan fingerprint density at radius 1 is 1.48 bits per heavy atom. The fourth-order valence-corrected chi connectivity index (χ4v) is 5.17. The van der Waals surface area contributed by atoms with E-state index in [0.717, 1.165) is 55.1 Å². The zero-order chi connectivity index (χ0) is 15.0. The summed E-state index contributed by atoms with van der Waals surface area (Å²) < 4.78 is 7.75. The summed E-state index contributed by atoms with van der Waals surface area (Å²) in [5, 5.41) is 15.7. The average molecular weight is 331 g/mol. The molecule has 4 nitrogen and oxygen atoms in total. The summed E-state index contributed by atoms with van der Waals surface area (Å²) in [5.74, 6) is 2.53. The first-order valence-corrected chi connectivity index (χ1v) is 9.14. The molecule has 0 bridgehead atoms. The SMILES string of the molecule is Cc1nn(C)c(Cl)c1C(O)C1CCOC2(CCSCC2)C1. The molecule has 0 radical (unpaired) electrons. The van der Waals surface area contributed by atoms with Gasteiger partial charge in [0, 0.05) is 19.2 Å².